The van der Waals surface area contributed by atoms with Crippen LogP contribution in [-0.2, 0) is 14.3 Å². The summed E-state index contributed by atoms with van der Waals surface area (Å²) in [5.74, 6) is -1.79. The van der Waals surface area contributed by atoms with Gasteiger partial charge in [-0.25, -0.2) is 4.79 Å². The van der Waals surface area contributed by atoms with E-state index in [1.165, 1.54) is 0 Å². The number of carbonyl (C=O) groups is 2. The Morgan fingerprint density at radius 1 is 0.759 bits per heavy atom. The van der Waals surface area contributed by atoms with Crippen LogP contribution in [0.15, 0.2) is 25.3 Å². The molecule has 0 aliphatic carbocycles. The van der Waals surface area contributed by atoms with Crippen molar-refractivity contribution in [3.8, 4) is 0 Å². The van der Waals surface area contributed by atoms with Gasteiger partial charge in [0.1, 0.15) is 0 Å². The number of halogens is 13. The van der Waals surface area contributed by atoms with Crippen LogP contribution < -0.4 is 0 Å². The summed E-state index contributed by atoms with van der Waals surface area (Å²) in [5, 5.41) is 6.96. The van der Waals surface area contributed by atoms with Gasteiger partial charge in [0.2, 0.25) is 11.3 Å². The Hall–Kier alpha value is -1.97. The van der Waals surface area contributed by atoms with Gasteiger partial charge in [-0.15, -0.1) is 0 Å². The third-order valence-electron chi connectivity index (χ3n) is 1.78. The molecule has 0 aliphatic rings. The van der Waals surface area contributed by atoms with Crippen LogP contribution in [-0.4, -0.2) is 53.2 Å². The molecule has 0 bridgehead atoms. The van der Waals surface area contributed by atoms with Crippen molar-refractivity contribution in [3.63, 3.8) is 0 Å². The van der Waals surface area contributed by atoms with E-state index in [0.717, 1.165) is 6.08 Å². The molecule has 0 unspecified atom stereocenters. The number of hydrogen-bond donors (Lipinski definition) is 1. The third kappa shape index (κ3) is 16.7. The topological polar surface area (TPSA) is 63.6 Å². The Balaban J connectivity index is -0.000000392. The van der Waals surface area contributed by atoms with Crippen LogP contribution in [0.4, 0.5) is 52.7 Å². The molecule has 0 spiro atoms. The second kappa shape index (κ2) is 11.9. The van der Waals surface area contributed by atoms with Crippen molar-refractivity contribution in [2.45, 2.75) is 36.9 Å². The molecule has 0 fully saturated rings. The predicted molar refractivity (Wildman–Crippen MR) is 71.4 cm³/mol. The normalized spacial score (nSPS) is 12.3. The summed E-state index contributed by atoms with van der Waals surface area (Å²) < 4.78 is 139. The molecule has 0 aliphatic heterocycles. The van der Waals surface area contributed by atoms with Gasteiger partial charge in [-0.3, -0.25) is 4.79 Å². The fraction of sp³-hybridized carbons (Fsp3) is 0.500. The van der Waals surface area contributed by atoms with Crippen LogP contribution in [0.2, 0.25) is 0 Å². The summed E-state index contributed by atoms with van der Waals surface area (Å²) in [6.07, 6.45) is -29.7. The molecule has 0 atom stereocenters. The van der Waals surface area contributed by atoms with Crippen LogP contribution >= 0.6 is 11.6 Å². The summed E-state index contributed by atoms with van der Waals surface area (Å²) in [5.41, 5.74) is 0. The number of esters is 1. The Labute approximate surface area is 158 Å². The molecular weight excluding hydrogens is 472 g/mol. The first-order valence-corrected chi connectivity index (χ1v) is 6.49. The Bertz CT molecular complexity index is 519. The predicted octanol–water partition coefficient (Wildman–Crippen LogP) is 4.62. The first-order chi connectivity index (χ1) is 12.5. The number of alkyl halides is 12. The highest BCUT2D eigenvalue weighted by Gasteiger charge is 2.59. The first-order valence-electron chi connectivity index (χ1n) is 6.11. The maximum atomic E-state index is 11.7. The van der Waals surface area contributed by atoms with Gasteiger partial charge in [0.15, 0.2) is 0 Å². The number of aliphatic hydroxyl groups is 1. The fourth-order valence-electron chi connectivity index (χ4n) is 0.669. The van der Waals surface area contributed by atoms with Gasteiger partial charge in [-0.05, 0) is 17.7 Å². The lowest BCUT2D eigenvalue weighted by Gasteiger charge is -2.21. The number of aliphatic hydroxyl groups excluding tert-OH is 1. The minimum absolute atomic E-state index is 0.213. The summed E-state index contributed by atoms with van der Waals surface area (Å²) in [4.78, 5) is 19.6. The molecule has 1 N–H and O–H groups in total. The molecule has 0 saturated carbocycles. The molecule has 29 heavy (non-hydrogen) atoms. The maximum absolute atomic E-state index is 11.7. The third-order valence-corrected chi connectivity index (χ3v) is 1.93. The molecular formula is C12H9ClF12O4. The van der Waals surface area contributed by atoms with Crippen molar-refractivity contribution in [2.24, 2.45) is 0 Å². The van der Waals surface area contributed by atoms with Gasteiger partial charge in [-0.1, -0.05) is 13.2 Å². The number of allylic oxidation sites excluding steroid dienone is 1. The van der Waals surface area contributed by atoms with Crippen LogP contribution in [0.1, 0.15) is 0 Å². The monoisotopic (exact) mass is 480 g/mol. The minimum atomic E-state index is -5.68. The lowest BCUT2D eigenvalue weighted by molar-refractivity contribution is -0.312. The molecule has 0 heterocycles. The number of hydrogen-bond acceptors (Lipinski definition) is 4. The molecule has 0 aromatic carbocycles. The lowest BCUT2D eigenvalue weighted by Crippen LogP contribution is -2.45. The number of carbonyl (C=O) groups excluding carboxylic acids is 2. The van der Waals surface area contributed by atoms with Crippen molar-refractivity contribution < 1.29 is 72.1 Å². The second-order valence-corrected chi connectivity index (χ2v) is 4.47. The van der Waals surface area contributed by atoms with E-state index in [2.05, 4.69) is 17.9 Å². The van der Waals surface area contributed by atoms with Crippen LogP contribution in [0, 0.1) is 0 Å². The zero-order valence-electron chi connectivity index (χ0n) is 13.3. The Morgan fingerprint density at radius 3 is 1.14 bits per heavy atom. The van der Waals surface area contributed by atoms with E-state index in [9.17, 15) is 62.3 Å². The summed E-state index contributed by atoms with van der Waals surface area (Å²) in [6, 6.07) is 0. The molecule has 4 nitrogen and oxygen atoms in total. The maximum Gasteiger partial charge on any atom is 0.434 e. The smallest absolute Gasteiger partial charge is 0.434 e. The second-order valence-electron chi connectivity index (χ2n) is 4.10. The van der Waals surface area contributed by atoms with Crippen LogP contribution in [0.3, 0.4) is 0 Å². The highest BCUT2D eigenvalue weighted by atomic mass is 35.5. The van der Waals surface area contributed by atoms with Crippen molar-refractivity contribution in [2.75, 3.05) is 0 Å². The average Bonchev–Trinajstić information content (AvgIpc) is 2.48. The molecule has 0 rings (SSSR count). The zero-order valence-corrected chi connectivity index (χ0v) is 14.1. The summed E-state index contributed by atoms with van der Waals surface area (Å²) >= 11 is 4.71. The number of ether oxygens (including phenoxy) is 1. The largest absolute Gasteiger partial charge is 0.440 e. The molecule has 0 radical (unpaired) electrons. The molecule has 0 aromatic rings. The van der Waals surface area contributed by atoms with E-state index in [4.69, 9.17) is 16.7 Å². The minimum Gasteiger partial charge on any atom is -0.440 e. The van der Waals surface area contributed by atoms with Gasteiger partial charge < -0.3 is 9.84 Å². The summed E-state index contributed by atoms with van der Waals surface area (Å²) in [6.45, 7) is 5.75. The first kappa shape index (κ1) is 31.7. The molecule has 0 amide bonds. The zero-order chi connectivity index (χ0) is 24.4. The molecule has 172 valence electrons. The van der Waals surface area contributed by atoms with Crippen molar-refractivity contribution in [1.82, 2.24) is 0 Å². The van der Waals surface area contributed by atoms with Crippen molar-refractivity contribution >= 4 is 22.8 Å². The summed E-state index contributed by atoms with van der Waals surface area (Å²) in [7, 11) is 0. The fourth-order valence-corrected chi connectivity index (χ4v) is 0.669. The number of rotatable bonds is 3. The standard InChI is InChI=1S/C6H4F6O2.C3H3ClO.C3H2F6O/c1-2-3(13)14-4(5(7,8)9)6(10,11)12;1-2-3(4)5;4-2(5,6)1(10)3(7,8)9/h2,4H,1H2;2H,1H2;1,10H. The van der Waals surface area contributed by atoms with Gasteiger partial charge in [0.25, 0.3) is 6.10 Å². The Morgan fingerprint density at radius 2 is 1.03 bits per heavy atom. The van der Waals surface area contributed by atoms with Gasteiger partial charge >= 0.3 is 30.7 Å². The van der Waals surface area contributed by atoms with E-state index in [1.807, 2.05) is 0 Å². The lowest BCUT2D eigenvalue weighted by atomic mass is 10.3. The van der Waals surface area contributed by atoms with Gasteiger partial charge in [-0.2, -0.15) is 52.7 Å². The highest BCUT2D eigenvalue weighted by molar-refractivity contribution is 6.66. The Kier molecular flexibility index (Phi) is 13.0. The molecule has 0 aromatic heterocycles. The van der Waals surface area contributed by atoms with Crippen LogP contribution in [0.25, 0.3) is 0 Å². The van der Waals surface area contributed by atoms with E-state index in [-0.39, 0.29) is 6.08 Å². The van der Waals surface area contributed by atoms with Gasteiger partial charge in [0, 0.05) is 6.08 Å². The SMILES string of the molecule is C=CC(=O)Cl.C=CC(=O)OC(C(F)(F)F)C(F)(F)F.OC(C(F)(F)F)C(F)(F)F. The van der Waals surface area contributed by atoms with Crippen molar-refractivity contribution in [1.29, 1.82) is 0 Å². The average molecular weight is 481 g/mol. The molecule has 0 saturated heterocycles. The van der Waals surface area contributed by atoms with Crippen LogP contribution in [0.5, 0.6) is 0 Å². The van der Waals surface area contributed by atoms with Crippen molar-refractivity contribution in [3.05, 3.63) is 25.3 Å². The quantitative estimate of drug-likeness (QED) is 0.277. The van der Waals surface area contributed by atoms with E-state index in [0.29, 0.717) is 0 Å². The highest BCUT2D eigenvalue weighted by Crippen LogP contribution is 2.35. The van der Waals surface area contributed by atoms with E-state index >= 15 is 0 Å². The van der Waals surface area contributed by atoms with Gasteiger partial charge in [0.05, 0.1) is 0 Å². The van der Waals surface area contributed by atoms with E-state index < -0.39 is 48.1 Å². The molecule has 17 heteroatoms. The van der Waals surface area contributed by atoms with E-state index in [1.54, 1.807) is 0 Å².